The van der Waals surface area contributed by atoms with E-state index < -0.39 is 17.8 Å². The van der Waals surface area contributed by atoms with E-state index in [9.17, 15) is 9.90 Å². The monoisotopic (exact) mass is 214 g/mol. The molecule has 0 spiro atoms. The van der Waals surface area contributed by atoms with Gasteiger partial charge in [-0.15, -0.1) is 0 Å². The summed E-state index contributed by atoms with van der Waals surface area (Å²) in [5, 5.41) is 9.39. The van der Waals surface area contributed by atoms with E-state index in [0.717, 1.165) is 0 Å². The van der Waals surface area contributed by atoms with Crippen LogP contribution in [0, 0.1) is 0 Å². The zero-order chi connectivity index (χ0) is 11.6. The van der Waals surface area contributed by atoms with Crippen LogP contribution < -0.4 is 0 Å². The van der Waals surface area contributed by atoms with Gasteiger partial charge in [-0.2, -0.15) is 0 Å². The summed E-state index contributed by atoms with van der Waals surface area (Å²) in [4.78, 5) is 17.1. The Morgan fingerprint density at radius 3 is 2.73 bits per heavy atom. The second-order valence-corrected chi connectivity index (χ2v) is 4.63. The third-order valence-electron chi connectivity index (χ3n) is 1.93. The molecule has 1 N–H and O–H groups in total. The average molecular weight is 214 g/mol. The van der Waals surface area contributed by atoms with E-state index in [1.165, 1.54) is 4.90 Å². The summed E-state index contributed by atoms with van der Waals surface area (Å²) in [7, 11) is 0. The van der Waals surface area contributed by atoms with Crippen molar-refractivity contribution in [2.45, 2.75) is 39.4 Å². The molecule has 1 unspecified atom stereocenters. The summed E-state index contributed by atoms with van der Waals surface area (Å²) in [6.07, 6.45) is -1.05. The first-order chi connectivity index (χ1) is 6.79. The van der Waals surface area contributed by atoms with E-state index >= 15 is 0 Å². The Morgan fingerprint density at radius 2 is 2.20 bits per heavy atom. The number of hydrogen-bond acceptors (Lipinski definition) is 4. The molecule has 5 heteroatoms. The molecule has 0 aromatic heterocycles. The SMILES string of the molecule is CC1=NCC(O)CN1C(=O)OC(C)(C)C. The van der Waals surface area contributed by atoms with Crippen molar-refractivity contribution in [3.63, 3.8) is 0 Å². The molecule has 5 nitrogen and oxygen atoms in total. The lowest BCUT2D eigenvalue weighted by molar-refractivity contribution is 0.0280. The van der Waals surface area contributed by atoms with Crippen molar-refractivity contribution in [3.05, 3.63) is 0 Å². The molecule has 1 aliphatic rings. The Labute approximate surface area is 89.7 Å². The number of aliphatic hydroxyl groups is 1. The van der Waals surface area contributed by atoms with Gasteiger partial charge in [0.2, 0.25) is 0 Å². The Hall–Kier alpha value is -1.10. The Bertz CT molecular complexity index is 281. The first kappa shape index (κ1) is 12.0. The van der Waals surface area contributed by atoms with Crippen molar-refractivity contribution in [2.24, 2.45) is 4.99 Å². The normalized spacial score (nSPS) is 22.3. The number of amides is 1. The van der Waals surface area contributed by atoms with Gasteiger partial charge in [-0.3, -0.25) is 9.89 Å². The second kappa shape index (κ2) is 4.18. The molecule has 1 amide bonds. The third kappa shape index (κ3) is 3.51. The minimum Gasteiger partial charge on any atom is -0.443 e. The molecule has 0 aromatic rings. The smallest absolute Gasteiger partial charge is 0.415 e. The van der Waals surface area contributed by atoms with Gasteiger partial charge in [0.15, 0.2) is 0 Å². The number of ether oxygens (including phenoxy) is 1. The van der Waals surface area contributed by atoms with Gasteiger partial charge in [0.05, 0.1) is 19.2 Å². The van der Waals surface area contributed by atoms with Crippen LogP contribution in [-0.4, -0.2) is 46.7 Å². The lowest BCUT2D eigenvalue weighted by Gasteiger charge is -2.30. The van der Waals surface area contributed by atoms with E-state index in [-0.39, 0.29) is 6.54 Å². The van der Waals surface area contributed by atoms with E-state index in [1.54, 1.807) is 27.7 Å². The van der Waals surface area contributed by atoms with Gasteiger partial charge < -0.3 is 9.84 Å². The fourth-order valence-corrected chi connectivity index (χ4v) is 1.25. The van der Waals surface area contributed by atoms with E-state index in [2.05, 4.69) is 4.99 Å². The molecule has 0 radical (unpaired) electrons. The van der Waals surface area contributed by atoms with Gasteiger partial charge in [0.25, 0.3) is 0 Å². The maximum atomic E-state index is 11.7. The number of aliphatic imine (C=N–C) groups is 1. The van der Waals surface area contributed by atoms with Crippen molar-refractivity contribution in [2.75, 3.05) is 13.1 Å². The molecule has 0 saturated carbocycles. The van der Waals surface area contributed by atoms with Crippen LogP contribution in [0.4, 0.5) is 4.79 Å². The van der Waals surface area contributed by atoms with E-state index in [1.807, 2.05) is 0 Å². The largest absolute Gasteiger partial charge is 0.443 e. The summed E-state index contributed by atoms with van der Waals surface area (Å²) in [6.45, 7) is 7.75. The Kier molecular flexibility index (Phi) is 3.34. The van der Waals surface area contributed by atoms with Crippen LogP contribution in [0.5, 0.6) is 0 Å². The number of carbonyl (C=O) groups excluding carboxylic acids is 1. The van der Waals surface area contributed by atoms with Gasteiger partial charge in [0, 0.05) is 0 Å². The Morgan fingerprint density at radius 1 is 1.60 bits per heavy atom. The number of amidine groups is 1. The van der Waals surface area contributed by atoms with Crippen molar-refractivity contribution >= 4 is 11.9 Å². The van der Waals surface area contributed by atoms with Crippen LogP contribution in [0.15, 0.2) is 4.99 Å². The van der Waals surface area contributed by atoms with Gasteiger partial charge in [0.1, 0.15) is 11.4 Å². The van der Waals surface area contributed by atoms with Crippen molar-refractivity contribution in [1.29, 1.82) is 0 Å². The molecule has 0 saturated heterocycles. The lowest BCUT2D eigenvalue weighted by atomic mass is 10.2. The summed E-state index contributed by atoms with van der Waals surface area (Å²) in [6, 6.07) is 0. The van der Waals surface area contributed by atoms with Crippen molar-refractivity contribution in [1.82, 2.24) is 4.90 Å². The highest BCUT2D eigenvalue weighted by Gasteiger charge is 2.28. The molecule has 0 fully saturated rings. The predicted molar refractivity (Wildman–Crippen MR) is 56.9 cm³/mol. The molecule has 0 aliphatic carbocycles. The molecular weight excluding hydrogens is 196 g/mol. The summed E-state index contributed by atoms with van der Waals surface area (Å²) >= 11 is 0. The van der Waals surface area contributed by atoms with Crippen molar-refractivity contribution < 1.29 is 14.6 Å². The predicted octanol–water partition coefficient (Wildman–Crippen LogP) is 1.02. The standard InChI is InChI=1S/C10H18N2O3/c1-7-11-5-8(13)6-12(7)9(14)15-10(2,3)4/h8,13H,5-6H2,1-4H3. The third-order valence-corrected chi connectivity index (χ3v) is 1.93. The molecule has 1 aliphatic heterocycles. The highest BCUT2D eigenvalue weighted by molar-refractivity contribution is 5.94. The fraction of sp³-hybridized carbons (Fsp3) is 0.800. The van der Waals surface area contributed by atoms with Crippen LogP contribution >= 0.6 is 0 Å². The highest BCUT2D eigenvalue weighted by Crippen LogP contribution is 2.12. The van der Waals surface area contributed by atoms with E-state index in [0.29, 0.717) is 12.4 Å². The van der Waals surface area contributed by atoms with Gasteiger partial charge in [-0.25, -0.2) is 4.79 Å². The average Bonchev–Trinajstić information content (AvgIpc) is 2.06. The first-order valence-corrected chi connectivity index (χ1v) is 4.99. The molecule has 0 aromatic carbocycles. The first-order valence-electron chi connectivity index (χ1n) is 4.99. The summed E-state index contributed by atoms with van der Waals surface area (Å²) < 4.78 is 5.19. The zero-order valence-electron chi connectivity index (χ0n) is 9.65. The quantitative estimate of drug-likeness (QED) is 0.654. The number of β-amino-alcohol motifs (C(OH)–C–C–N with tert-alkyl or cyclic N) is 1. The second-order valence-electron chi connectivity index (χ2n) is 4.63. The fourth-order valence-electron chi connectivity index (χ4n) is 1.25. The number of carbonyl (C=O) groups is 1. The van der Waals surface area contributed by atoms with Gasteiger partial charge in [-0.05, 0) is 27.7 Å². The minimum atomic E-state index is -0.596. The van der Waals surface area contributed by atoms with Crippen LogP contribution in [0.1, 0.15) is 27.7 Å². The van der Waals surface area contributed by atoms with Crippen molar-refractivity contribution in [3.8, 4) is 0 Å². The molecule has 1 rings (SSSR count). The molecule has 15 heavy (non-hydrogen) atoms. The maximum Gasteiger partial charge on any atom is 0.415 e. The molecule has 1 heterocycles. The molecular formula is C10H18N2O3. The number of aliphatic hydroxyl groups excluding tert-OH is 1. The number of nitrogens with zero attached hydrogens (tertiary/aromatic N) is 2. The lowest BCUT2D eigenvalue weighted by Crippen LogP contribution is -2.47. The van der Waals surface area contributed by atoms with Crippen LogP contribution in [0.2, 0.25) is 0 Å². The molecule has 1 atom stereocenters. The van der Waals surface area contributed by atoms with Crippen LogP contribution in [0.25, 0.3) is 0 Å². The number of rotatable bonds is 0. The van der Waals surface area contributed by atoms with Crippen LogP contribution in [-0.2, 0) is 4.74 Å². The molecule has 86 valence electrons. The van der Waals surface area contributed by atoms with E-state index in [4.69, 9.17) is 4.74 Å². The molecule has 0 bridgehead atoms. The maximum absolute atomic E-state index is 11.7. The number of hydrogen-bond donors (Lipinski definition) is 1. The Balaban J connectivity index is 2.67. The minimum absolute atomic E-state index is 0.254. The summed E-state index contributed by atoms with van der Waals surface area (Å²) in [5.74, 6) is 0.592. The van der Waals surface area contributed by atoms with Crippen LogP contribution in [0.3, 0.4) is 0 Å². The zero-order valence-corrected chi connectivity index (χ0v) is 9.65. The topological polar surface area (TPSA) is 62.1 Å². The summed E-state index contributed by atoms with van der Waals surface area (Å²) in [5.41, 5.74) is -0.528. The highest BCUT2D eigenvalue weighted by atomic mass is 16.6. The van der Waals surface area contributed by atoms with Gasteiger partial charge in [-0.1, -0.05) is 0 Å². The van der Waals surface area contributed by atoms with Gasteiger partial charge >= 0.3 is 6.09 Å².